The molecule has 0 N–H and O–H groups in total. The van der Waals surface area contributed by atoms with Gasteiger partial charge in [0.1, 0.15) is 6.61 Å². The second-order valence-corrected chi connectivity index (χ2v) is 6.67. The van der Waals surface area contributed by atoms with Crippen molar-refractivity contribution in [2.24, 2.45) is 5.92 Å². The van der Waals surface area contributed by atoms with Gasteiger partial charge in [-0.25, -0.2) is 0 Å². The van der Waals surface area contributed by atoms with Gasteiger partial charge in [0.25, 0.3) is 0 Å². The molecule has 0 heterocycles. The quantitative estimate of drug-likeness (QED) is 0.169. The van der Waals surface area contributed by atoms with Crippen LogP contribution < -0.4 is 0 Å². The van der Waals surface area contributed by atoms with Gasteiger partial charge in [0.15, 0.2) is 0 Å². The van der Waals surface area contributed by atoms with Crippen LogP contribution in [-0.2, 0) is 38.0 Å². The van der Waals surface area contributed by atoms with Crippen LogP contribution in [0, 0.1) is 5.92 Å². The molecule has 0 rings (SSSR count). The molecule has 30 heavy (non-hydrogen) atoms. The predicted octanol–water partition coefficient (Wildman–Crippen LogP) is 2.87. The highest BCUT2D eigenvalue weighted by atomic mass is 16.6. The van der Waals surface area contributed by atoms with Crippen molar-refractivity contribution < 1.29 is 38.0 Å². The van der Waals surface area contributed by atoms with Gasteiger partial charge >= 0.3 is 5.97 Å². The second kappa shape index (κ2) is 24.5. The van der Waals surface area contributed by atoms with Crippen LogP contribution in [0.1, 0.15) is 46.5 Å². The molecule has 0 saturated carbocycles. The Morgan fingerprint density at radius 2 is 1.00 bits per heavy atom. The number of carbonyl (C=O) groups is 1. The Hall–Kier alpha value is -0.770. The maximum Gasteiger partial charge on any atom is 0.308 e. The fraction of sp³-hybridized carbons (Fsp3) is 0.955. The third-order valence-corrected chi connectivity index (χ3v) is 4.27. The third-order valence-electron chi connectivity index (χ3n) is 4.27. The average Bonchev–Trinajstić information content (AvgIpc) is 2.75. The van der Waals surface area contributed by atoms with Crippen LogP contribution in [0.25, 0.3) is 0 Å². The third kappa shape index (κ3) is 20.5. The molecule has 0 radical (unpaired) electrons. The van der Waals surface area contributed by atoms with Gasteiger partial charge in [-0.15, -0.1) is 0 Å². The van der Waals surface area contributed by atoms with E-state index in [0.29, 0.717) is 85.9 Å². The van der Waals surface area contributed by atoms with E-state index in [4.69, 9.17) is 33.2 Å². The SMILES string of the molecule is CCCCC(CC)C(=O)OCCOCCOCCOCCOCCOCCOCC. The highest BCUT2D eigenvalue weighted by Gasteiger charge is 2.16. The van der Waals surface area contributed by atoms with Crippen LogP contribution >= 0.6 is 0 Å². The number of carbonyl (C=O) groups excluding carboxylic acids is 1. The summed E-state index contributed by atoms with van der Waals surface area (Å²) in [6.07, 6.45) is 3.88. The Bertz CT molecular complexity index is 354. The zero-order valence-corrected chi connectivity index (χ0v) is 19.4. The normalized spacial score (nSPS) is 12.2. The molecule has 0 fully saturated rings. The fourth-order valence-electron chi connectivity index (χ4n) is 2.50. The molecule has 0 bridgehead atoms. The molecule has 1 unspecified atom stereocenters. The zero-order valence-electron chi connectivity index (χ0n) is 19.4. The molecule has 0 aliphatic carbocycles. The van der Waals surface area contributed by atoms with E-state index in [1.807, 2.05) is 13.8 Å². The van der Waals surface area contributed by atoms with Gasteiger partial charge in [0.05, 0.1) is 78.6 Å². The van der Waals surface area contributed by atoms with Crippen LogP contribution in [0.3, 0.4) is 0 Å². The molecular formula is C22H44O8. The van der Waals surface area contributed by atoms with Crippen LogP contribution in [0.2, 0.25) is 0 Å². The average molecular weight is 437 g/mol. The summed E-state index contributed by atoms with van der Waals surface area (Å²) >= 11 is 0. The van der Waals surface area contributed by atoms with Gasteiger partial charge in [-0.1, -0.05) is 26.7 Å². The van der Waals surface area contributed by atoms with E-state index >= 15 is 0 Å². The molecule has 0 spiro atoms. The first-order chi connectivity index (χ1) is 14.8. The van der Waals surface area contributed by atoms with Crippen LogP contribution in [0.5, 0.6) is 0 Å². The van der Waals surface area contributed by atoms with E-state index < -0.39 is 0 Å². The molecule has 180 valence electrons. The van der Waals surface area contributed by atoms with E-state index in [0.717, 1.165) is 25.7 Å². The predicted molar refractivity (Wildman–Crippen MR) is 115 cm³/mol. The Morgan fingerprint density at radius 1 is 0.600 bits per heavy atom. The number of hydrogen-bond acceptors (Lipinski definition) is 8. The maximum absolute atomic E-state index is 11.9. The van der Waals surface area contributed by atoms with Gasteiger partial charge in [0.2, 0.25) is 0 Å². The van der Waals surface area contributed by atoms with Crippen molar-refractivity contribution in [3.05, 3.63) is 0 Å². The van der Waals surface area contributed by atoms with Crippen molar-refractivity contribution in [2.75, 3.05) is 85.9 Å². The molecule has 0 aromatic heterocycles. The molecule has 0 aromatic carbocycles. The van der Waals surface area contributed by atoms with Gasteiger partial charge in [-0.2, -0.15) is 0 Å². The summed E-state index contributed by atoms with van der Waals surface area (Å²) in [6, 6.07) is 0. The minimum absolute atomic E-state index is 0.0117. The maximum atomic E-state index is 11.9. The Kier molecular flexibility index (Phi) is 23.9. The summed E-state index contributed by atoms with van der Waals surface area (Å²) in [7, 11) is 0. The summed E-state index contributed by atoms with van der Waals surface area (Å²) in [6.45, 7) is 12.9. The smallest absolute Gasteiger partial charge is 0.308 e. The molecular weight excluding hydrogens is 392 g/mol. The first kappa shape index (κ1) is 29.2. The number of unbranched alkanes of at least 4 members (excludes halogenated alkanes) is 1. The molecule has 0 aliphatic heterocycles. The largest absolute Gasteiger partial charge is 0.463 e. The molecule has 0 aromatic rings. The molecule has 8 heteroatoms. The summed E-state index contributed by atoms with van der Waals surface area (Å²) in [5.41, 5.74) is 0. The second-order valence-electron chi connectivity index (χ2n) is 6.67. The number of hydrogen-bond donors (Lipinski definition) is 0. The summed E-state index contributed by atoms with van der Waals surface area (Å²) < 4.78 is 37.4. The lowest BCUT2D eigenvalue weighted by Gasteiger charge is -2.13. The highest BCUT2D eigenvalue weighted by molar-refractivity contribution is 5.72. The van der Waals surface area contributed by atoms with Crippen molar-refractivity contribution in [3.8, 4) is 0 Å². The molecule has 0 aliphatic rings. The number of ether oxygens (including phenoxy) is 7. The number of rotatable bonds is 24. The van der Waals surface area contributed by atoms with Gasteiger partial charge in [-0.05, 0) is 19.8 Å². The fourth-order valence-corrected chi connectivity index (χ4v) is 2.50. The minimum atomic E-state index is -0.110. The van der Waals surface area contributed by atoms with Gasteiger partial charge < -0.3 is 33.2 Å². The first-order valence-corrected chi connectivity index (χ1v) is 11.4. The van der Waals surface area contributed by atoms with Gasteiger partial charge in [-0.3, -0.25) is 4.79 Å². The standard InChI is InChI=1S/C22H44O8/c1-4-7-8-21(5-2)22(23)30-20-19-29-18-17-28-16-15-27-14-13-26-12-11-25-10-9-24-6-3/h21H,4-20H2,1-3H3. The van der Waals surface area contributed by atoms with Crippen molar-refractivity contribution in [3.63, 3.8) is 0 Å². The summed E-state index contributed by atoms with van der Waals surface area (Å²) in [5, 5.41) is 0. The number of esters is 1. The van der Waals surface area contributed by atoms with E-state index in [9.17, 15) is 4.79 Å². The van der Waals surface area contributed by atoms with Crippen molar-refractivity contribution >= 4 is 5.97 Å². The lowest BCUT2D eigenvalue weighted by Crippen LogP contribution is -2.20. The molecule has 1 atom stereocenters. The summed E-state index contributed by atoms with van der Waals surface area (Å²) in [5.74, 6) is -0.0984. The molecule has 8 nitrogen and oxygen atoms in total. The zero-order chi connectivity index (χ0) is 22.1. The molecule has 0 saturated heterocycles. The summed E-state index contributed by atoms with van der Waals surface area (Å²) in [4.78, 5) is 11.9. The van der Waals surface area contributed by atoms with E-state index in [1.165, 1.54) is 0 Å². The van der Waals surface area contributed by atoms with Gasteiger partial charge in [0, 0.05) is 6.61 Å². The Morgan fingerprint density at radius 3 is 1.37 bits per heavy atom. The Labute approximate surface area is 182 Å². The Balaban J connectivity index is 3.22. The lowest BCUT2D eigenvalue weighted by atomic mass is 10.00. The van der Waals surface area contributed by atoms with Crippen LogP contribution in [0.4, 0.5) is 0 Å². The van der Waals surface area contributed by atoms with E-state index in [2.05, 4.69) is 6.92 Å². The van der Waals surface area contributed by atoms with E-state index in [1.54, 1.807) is 0 Å². The monoisotopic (exact) mass is 436 g/mol. The highest BCUT2D eigenvalue weighted by Crippen LogP contribution is 2.14. The van der Waals surface area contributed by atoms with Crippen molar-refractivity contribution in [2.45, 2.75) is 46.5 Å². The van der Waals surface area contributed by atoms with Crippen LogP contribution in [-0.4, -0.2) is 91.9 Å². The van der Waals surface area contributed by atoms with E-state index in [-0.39, 0.29) is 11.9 Å². The van der Waals surface area contributed by atoms with Crippen molar-refractivity contribution in [1.29, 1.82) is 0 Å². The lowest BCUT2D eigenvalue weighted by molar-refractivity contribution is -0.150. The first-order valence-electron chi connectivity index (χ1n) is 11.4. The van der Waals surface area contributed by atoms with Crippen LogP contribution in [0.15, 0.2) is 0 Å². The molecule has 0 amide bonds. The topological polar surface area (TPSA) is 81.7 Å². The minimum Gasteiger partial charge on any atom is -0.463 e. The van der Waals surface area contributed by atoms with Crippen molar-refractivity contribution in [1.82, 2.24) is 0 Å².